The average molecular weight is 323 g/mol. The second-order valence-electron chi connectivity index (χ2n) is 5.43. The lowest BCUT2D eigenvalue weighted by molar-refractivity contribution is 0.101. The van der Waals surface area contributed by atoms with Crippen molar-refractivity contribution in [3.05, 3.63) is 53.4 Å². The van der Waals surface area contributed by atoms with E-state index in [9.17, 15) is 15.0 Å². The van der Waals surface area contributed by atoms with E-state index in [1.165, 1.54) is 6.07 Å². The molecule has 6 nitrogen and oxygen atoms in total. The molecule has 0 atom stereocenters. The number of aromatic nitrogens is 1. The van der Waals surface area contributed by atoms with Crippen molar-refractivity contribution in [1.29, 1.82) is 0 Å². The normalized spacial score (nSPS) is 14.9. The topological polar surface area (TPSA) is 91.8 Å². The lowest BCUT2D eigenvalue weighted by Crippen LogP contribution is -1.98. The molecule has 3 aromatic rings. The quantitative estimate of drug-likeness (QED) is 0.630. The number of rotatable bonds is 2. The number of fused-ring (bicyclic) bond motifs is 2. The fourth-order valence-corrected chi connectivity index (χ4v) is 2.79. The molecule has 0 radical (unpaired) electrons. The standard InChI is InChI=1S/C18H13NO5/c1-23-11-2-3-12-9(8-19-13(12)7-11)4-16-18(22)17-14(21)5-10(20)6-15(17)24-16/h2-8,19-21H,1H3/b16-4+. The van der Waals surface area contributed by atoms with E-state index >= 15 is 0 Å². The van der Waals surface area contributed by atoms with Crippen LogP contribution in [-0.4, -0.2) is 28.1 Å². The van der Waals surface area contributed by atoms with Crippen LogP contribution >= 0.6 is 0 Å². The highest BCUT2D eigenvalue weighted by Gasteiger charge is 2.31. The van der Waals surface area contributed by atoms with Gasteiger partial charge in [0.25, 0.3) is 0 Å². The summed E-state index contributed by atoms with van der Waals surface area (Å²) in [5.41, 5.74) is 1.69. The summed E-state index contributed by atoms with van der Waals surface area (Å²) in [5, 5.41) is 20.3. The van der Waals surface area contributed by atoms with Gasteiger partial charge in [-0.2, -0.15) is 0 Å². The second-order valence-corrected chi connectivity index (χ2v) is 5.43. The van der Waals surface area contributed by atoms with Crippen LogP contribution in [0.5, 0.6) is 23.0 Å². The molecule has 6 heteroatoms. The van der Waals surface area contributed by atoms with E-state index in [-0.39, 0.29) is 28.6 Å². The third-order valence-electron chi connectivity index (χ3n) is 3.94. The minimum Gasteiger partial charge on any atom is -0.508 e. The molecule has 0 fully saturated rings. The van der Waals surface area contributed by atoms with Gasteiger partial charge in [-0.05, 0) is 18.2 Å². The molecule has 0 spiro atoms. The van der Waals surface area contributed by atoms with Crippen LogP contribution in [0, 0.1) is 0 Å². The van der Waals surface area contributed by atoms with Gasteiger partial charge in [0.05, 0.1) is 7.11 Å². The zero-order valence-electron chi connectivity index (χ0n) is 12.7. The Morgan fingerprint density at radius 1 is 1.21 bits per heavy atom. The summed E-state index contributed by atoms with van der Waals surface area (Å²) in [6.45, 7) is 0. The predicted molar refractivity (Wildman–Crippen MR) is 87.6 cm³/mol. The number of ketones is 1. The zero-order chi connectivity index (χ0) is 16.8. The minimum atomic E-state index is -0.426. The van der Waals surface area contributed by atoms with Crippen LogP contribution in [0.25, 0.3) is 17.0 Å². The molecule has 4 rings (SSSR count). The Bertz CT molecular complexity index is 1020. The number of nitrogens with one attached hydrogen (secondary N) is 1. The average Bonchev–Trinajstić information content (AvgIpc) is 3.09. The van der Waals surface area contributed by atoms with E-state index in [2.05, 4.69) is 4.98 Å². The van der Waals surface area contributed by atoms with Crippen LogP contribution in [0.4, 0.5) is 0 Å². The van der Waals surface area contributed by atoms with Crippen molar-refractivity contribution in [2.75, 3.05) is 7.11 Å². The van der Waals surface area contributed by atoms with E-state index in [4.69, 9.17) is 9.47 Å². The number of Topliss-reactive ketones (excluding diaryl/α,β-unsaturated/α-hetero) is 1. The largest absolute Gasteiger partial charge is 0.508 e. The predicted octanol–water partition coefficient (Wildman–Crippen LogP) is 3.20. The zero-order valence-corrected chi connectivity index (χ0v) is 12.7. The van der Waals surface area contributed by atoms with Crippen molar-refractivity contribution in [3.63, 3.8) is 0 Å². The van der Waals surface area contributed by atoms with Crippen molar-refractivity contribution < 1.29 is 24.5 Å². The number of carbonyl (C=O) groups excluding carboxylic acids is 1. The van der Waals surface area contributed by atoms with Gasteiger partial charge in [0.1, 0.15) is 28.6 Å². The maximum absolute atomic E-state index is 12.4. The summed E-state index contributed by atoms with van der Waals surface area (Å²) in [5.74, 6) is 0.0596. The molecule has 2 heterocycles. The Balaban J connectivity index is 1.78. The first-order chi connectivity index (χ1) is 11.6. The summed E-state index contributed by atoms with van der Waals surface area (Å²) in [7, 11) is 1.59. The Morgan fingerprint density at radius 3 is 2.83 bits per heavy atom. The fraction of sp³-hybridized carbons (Fsp3) is 0.0556. The number of allylic oxidation sites excluding steroid dienone is 1. The number of methoxy groups -OCH3 is 1. The Morgan fingerprint density at radius 2 is 2.04 bits per heavy atom. The van der Waals surface area contributed by atoms with Gasteiger partial charge in [-0.1, -0.05) is 0 Å². The monoisotopic (exact) mass is 323 g/mol. The molecule has 0 amide bonds. The lowest BCUT2D eigenvalue weighted by atomic mass is 10.1. The third kappa shape index (κ3) is 2.08. The van der Waals surface area contributed by atoms with Gasteiger partial charge in [0.2, 0.25) is 5.78 Å². The number of aromatic amines is 1. The summed E-state index contributed by atoms with van der Waals surface area (Å²) < 4.78 is 10.7. The first-order valence-corrected chi connectivity index (χ1v) is 7.22. The van der Waals surface area contributed by atoms with E-state index < -0.39 is 5.78 Å². The maximum atomic E-state index is 12.4. The molecule has 0 saturated carbocycles. The summed E-state index contributed by atoms with van der Waals surface area (Å²) >= 11 is 0. The highest BCUT2D eigenvalue weighted by molar-refractivity contribution is 6.16. The van der Waals surface area contributed by atoms with Gasteiger partial charge in [0.15, 0.2) is 5.76 Å². The molecule has 3 N–H and O–H groups in total. The molecule has 1 aliphatic rings. The van der Waals surface area contributed by atoms with Crippen LogP contribution in [0.1, 0.15) is 15.9 Å². The second kappa shape index (κ2) is 5.06. The maximum Gasteiger partial charge on any atom is 0.235 e. The van der Waals surface area contributed by atoms with Crippen LogP contribution in [-0.2, 0) is 0 Å². The molecule has 0 bridgehead atoms. The highest BCUT2D eigenvalue weighted by atomic mass is 16.5. The van der Waals surface area contributed by atoms with Gasteiger partial charge < -0.3 is 24.7 Å². The van der Waals surface area contributed by atoms with Gasteiger partial charge in [-0.25, -0.2) is 0 Å². The number of carbonyl (C=O) groups is 1. The number of hydrogen-bond donors (Lipinski definition) is 3. The highest BCUT2D eigenvalue weighted by Crippen LogP contribution is 2.40. The smallest absolute Gasteiger partial charge is 0.235 e. The van der Waals surface area contributed by atoms with Gasteiger partial charge >= 0.3 is 0 Å². The van der Waals surface area contributed by atoms with Gasteiger partial charge in [-0.15, -0.1) is 0 Å². The number of aromatic hydroxyl groups is 2. The molecule has 1 aliphatic heterocycles. The molecular formula is C18H13NO5. The number of hydrogen-bond acceptors (Lipinski definition) is 5. The lowest BCUT2D eigenvalue weighted by Gasteiger charge is -2.00. The summed E-state index contributed by atoms with van der Waals surface area (Å²) in [4.78, 5) is 15.5. The molecule has 0 unspecified atom stereocenters. The number of benzene rings is 2. The van der Waals surface area contributed by atoms with Crippen molar-refractivity contribution in [2.24, 2.45) is 0 Å². The van der Waals surface area contributed by atoms with Crippen molar-refractivity contribution in [3.8, 4) is 23.0 Å². The van der Waals surface area contributed by atoms with E-state index in [1.54, 1.807) is 19.4 Å². The van der Waals surface area contributed by atoms with E-state index in [0.717, 1.165) is 28.3 Å². The molecular weight excluding hydrogens is 310 g/mol. The molecule has 1 aromatic heterocycles. The van der Waals surface area contributed by atoms with Gasteiger partial charge in [0, 0.05) is 40.9 Å². The molecule has 0 aliphatic carbocycles. The Labute approximate surface area is 136 Å². The van der Waals surface area contributed by atoms with E-state index in [0.29, 0.717) is 0 Å². The molecule has 120 valence electrons. The fourth-order valence-electron chi connectivity index (χ4n) is 2.79. The van der Waals surface area contributed by atoms with E-state index in [1.807, 2.05) is 18.2 Å². The number of H-pyrrole nitrogens is 1. The van der Waals surface area contributed by atoms with Crippen molar-refractivity contribution in [1.82, 2.24) is 4.98 Å². The first kappa shape index (κ1) is 14.2. The minimum absolute atomic E-state index is 0.0561. The van der Waals surface area contributed by atoms with Crippen LogP contribution in [0.2, 0.25) is 0 Å². The molecule has 24 heavy (non-hydrogen) atoms. The van der Waals surface area contributed by atoms with Crippen molar-refractivity contribution >= 4 is 22.8 Å². The molecule has 0 saturated heterocycles. The Hall–Kier alpha value is -3.41. The number of ether oxygens (including phenoxy) is 2. The van der Waals surface area contributed by atoms with Crippen molar-refractivity contribution in [2.45, 2.75) is 0 Å². The Kier molecular flexibility index (Phi) is 2.99. The van der Waals surface area contributed by atoms with Gasteiger partial charge in [-0.3, -0.25) is 4.79 Å². The number of phenols is 2. The number of phenolic OH excluding ortho intramolecular Hbond substituents is 2. The third-order valence-corrected chi connectivity index (χ3v) is 3.94. The summed E-state index contributed by atoms with van der Waals surface area (Å²) in [6, 6.07) is 7.98. The van der Waals surface area contributed by atoms with Crippen LogP contribution in [0.3, 0.4) is 0 Å². The summed E-state index contributed by atoms with van der Waals surface area (Å²) in [6.07, 6.45) is 3.36. The van der Waals surface area contributed by atoms with Crippen LogP contribution < -0.4 is 9.47 Å². The molecule has 2 aromatic carbocycles. The first-order valence-electron chi connectivity index (χ1n) is 7.22. The van der Waals surface area contributed by atoms with Crippen LogP contribution in [0.15, 0.2) is 42.3 Å². The SMILES string of the molecule is COc1ccc2c(/C=C3/Oc4cc(O)cc(O)c4C3=O)c[nH]c2c1.